The van der Waals surface area contributed by atoms with Crippen molar-refractivity contribution in [2.45, 2.75) is 44.9 Å². The molecule has 0 aromatic rings. The van der Waals surface area contributed by atoms with Crippen LogP contribution in [0.3, 0.4) is 0 Å². The summed E-state index contributed by atoms with van der Waals surface area (Å²) in [7, 11) is 0. The van der Waals surface area contributed by atoms with Crippen molar-refractivity contribution in [2.75, 3.05) is 19.8 Å². The van der Waals surface area contributed by atoms with E-state index in [4.69, 9.17) is 9.84 Å². The molecule has 0 bridgehead atoms. The van der Waals surface area contributed by atoms with Gasteiger partial charge in [-0.25, -0.2) is 0 Å². The molecule has 1 heterocycles. The summed E-state index contributed by atoms with van der Waals surface area (Å²) in [6.45, 7) is 2.29. The standard InChI is InChI=1S/C14H24O2/c15-9-1-3-12-5-7-13(8-6-12)14-4-2-10-16-11-14/h5,13-15H,1-4,6-11H2/t13-,14?/m0/s1. The molecule has 2 aliphatic rings. The van der Waals surface area contributed by atoms with Gasteiger partial charge in [-0.1, -0.05) is 11.6 Å². The maximum Gasteiger partial charge on any atom is 0.0497 e. The second-order valence-corrected chi connectivity index (χ2v) is 5.20. The van der Waals surface area contributed by atoms with E-state index in [0.29, 0.717) is 6.61 Å². The van der Waals surface area contributed by atoms with Gasteiger partial charge in [0.05, 0.1) is 0 Å². The lowest BCUT2D eigenvalue weighted by Gasteiger charge is -2.32. The van der Waals surface area contributed by atoms with Gasteiger partial charge in [0.15, 0.2) is 0 Å². The van der Waals surface area contributed by atoms with Crippen molar-refractivity contribution in [1.29, 1.82) is 0 Å². The van der Waals surface area contributed by atoms with Gasteiger partial charge in [-0.05, 0) is 56.8 Å². The highest BCUT2D eigenvalue weighted by Gasteiger charge is 2.25. The average Bonchev–Trinajstić information content (AvgIpc) is 2.38. The van der Waals surface area contributed by atoms with Gasteiger partial charge >= 0.3 is 0 Å². The molecule has 1 fully saturated rings. The Bertz CT molecular complexity index is 229. The smallest absolute Gasteiger partial charge is 0.0497 e. The minimum absolute atomic E-state index is 0.331. The van der Waals surface area contributed by atoms with Gasteiger partial charge in [0.25, 0.3) is 0 Å². The van der Waals surface area contributed by atoms with Crippen molar-refractivity contribution in [3.05, 3.63) is 11.6 Å². The monoisotopic (exact) mass is 224 g/mol. The summed E-state index contributed by atoms with van der Waals surface area (Å²) < 4.78 is 5.57. The minimum Gasteiger partial charge on any atom is -0.396 e. The lowest BCUT2D eigenvalue weighted by molar-refractivity contribution is 0.0282. The largest absolute Gasteiger partial charge is 0.396 e. The fraction of sp³-hybridized carbons (Fsp3) is 0.857. The van der Waals surface area contributed by atoms with Crippen LogP contribution in [0.2, 0.25) is 0 Å². The first-order valence-electron chi connectivity index (χ1n) is 6.76. The Labute approximate surface area is 98.7 Å². The number of rotatable bonds is 4. The molecule has 0 aromatic carbocycles. The molecule has 0 saturated carbocycles. The highest BCUT2D eigenvalue weighted by molar-refractivity contribution is 5.07. The lowest BCUT2D eigenvalue weighted by Crippen LogP contribution is -2.26. The summed E-state index contributed by atoms with van der Waals surface area (Å²) >= 11 is 0. The van der Waals surface area contributed by atoms with E-state index in [0.717, 1.165) is 37.9 Å². The second-order valence-electron chi connectivity index (χ2n) is 5.20. The van der Waals surface area contributed by atoms with Gasteiger partial charge in [-0.3, -0.25) is 0 Å². The van der Waals surface area contributed by atoms with Crippen molar-refractivity contribution in [1.82, 2.24) is 0 Å². The number of hydrogen-bond acceptors (Lipinski definition) is 2. The molecule has 2 heteroatoms. The van der Waals surface area contributed by atoms with Crippen molar-refractivity contribution in [2.24, 2.45) is 11.8 Å². The summed E-state index contributed by atoms with van der Waals surface area (Å²) in [6, 6.07) is 0. The zero-order chi connectivity index (χ0) is 11.2. The van der Waals surface area contributed by atoms with E-state index in [1.165, 1.54) is 32.1 Å². The molecule has 0 amide bonds. The summed E-state index contributed by atoms with van der Waals surface area (Å²) in [5.41, 5.74) is 1.57. The molecule has 2 nitrogen and oxygen atoms in total. The van der Waals surface area contributed by atoms with E-state index in [9.17, 15) is 0 Å². The minimum atomic E-state index is 0.331. The van der Waals surface area contributed by atoms with E-state index in [-0.39, 0.29) is 0 Å². The Morgan fingerprint density at radius 1 is 1.31 bits per heavy atom. The second kappa shape index (κ2) is 6.41. The van der Waals surface area contributed by atoms with Gasteiger partial charge in [0.2, 0.25) is 0 Å². The molecular formula is C14H24O2. The van der Waals surface area contributed by atoms with Crippen LogP contribution in [0.1, 0.15) is 44.9 Å². The van der Waals surface area contributed by atoms with Crippen LogP contribution in [0, 0.1) is 11.8 Å². The summed E-state index contributed by atoms with van der Waals surface area (Å²) in [5.74, 6) is 1.67. The van der Waals surface area contributed by atoms with Crippen molar-refractivity contribution < 1.29 is 9.84 Å². The first-order valence-corrected chi connectivity index (χ1v) is 6.76. The highest BCUT2D eigenvalue weighted by Crippen LogP contribution is 2.34. The number of aliphatic hydroxyl groups is 1. The van der Waals surface area contributed by atoms with Gasteiger partial charge in [-0.15, -0.1) is 0 Å². The maximum atomic E-state index is 8.81. The predicted octanol–water partition coefficient (Wildman–Crippen LogP) is 2.91. The fourth-order valence-corrected chi connectivity index (χ4v) is 3.01. The van der Waals surface area contributed by atoms with Crippen LogP contribution in [0.4, 0.5) is 0 Å². The third-order valence-electron chi connectivity index (χ3n) is 4.06. The molecule has 1 N–H and O–H groups in total. The lowest BCUT2D eigenvalue weighted by atomic mass is 9.78. The normalized spacial score (nSPS) is 31.2. The van der Waals surface area contributed by atoms with Crippen LogP contribution in [-0.4, -0.2) is 24.9 Å². The Hall–Kier alpha value is -0.340. The van der Waals surface area contributed by atoms with Crippen LogP contribution < -0.4 is 0 Å². The first kappa shape index (κ1) is 12.1. The molecule has 16 heavy (non-hydrogen) atoms. The molecule has 0 spiro atoms. The number of aliphatic hydroxyl groups excluding tert-OH is 1. The Morgan fingerprint density at radius 2 is 2.25 bits per heavy atom. The summed E-state index contributed by atoms with van der Waals surface area (Å²) in [6.07, 6.45) is 10.9. The van der Waals surface area contributed by atoms with Crippen LogP contribution in [0.15, 0.2) is 11.6 Å². The fourth-order valence-electron chi connectivity index (χ4n) is 3.01. The quantitative estimate of drug-likeness (QED) is 0.744. The van der Waals surface area contributed by atoms with E-state index in [1.807, 2.05) is 0 Å². The Kier molecular flexibility index (Phi) is 4.86. The van der Waals surface area contributed by atoms with Crippen LogP contribution >= 0.6 is 0 Å². The zero-order valence-corrected chi connectivity index (χ0v) is 10.2. The number of hydrogen-bond donors (Lipinski definition) is 1. The summed E-state index contributed by atoms with van der Waals surface area (Å²) in [4.78, 5) is 0. The van der Waals surface area contributed by atoms with Crippen LogP contribution in [0.5, 0.6) is 0 Å². The number of allylic oxidation sites excluding steroid dienone is 2. The topological polar surface area (TPSA) is 29.5 Å². The van der Waals surface area contributed by atoms with E-state index < -0.39 is 0 Å². The van der Waals surface area contributed by atoms with E-state index in [2.05, 4.69) is 6.08 Å². The van der Waals surface area contributed by atoms with Crippen molar-refractivity contribution in [3.8, 4) is 0 Å². The molecule has 2 rings (SSSR count). The SMILES string of the molecule is OCCCC1=CC[C@H](C2CCCOC2)CC1. The maximum absolute atomic E-state index is 8.81. The first-order chi connectivity index (χ1) is 7.90. The molecule has 92 valence electrons. The van der Waals surface area contributed by atoms with Gasteiger partial charge in [0, 0.05) is 19.8 Å². The van der Waals surface area contributed by atoms with Crippen LogP contribution in [-0.2, 0) is 4.74 Å². The third kappa shape index (κ3) is 3.33. The van der Waals surface area contributed by atoms with E-state index >= 15 is 0 Å². The van der Waals surface area contributed by atoms with Crippen LogP contribution in [0.25, 0.3) is 0 Å². The van der Waals surface area contributed by atoms with Gasteiger partial charge in [-0.2, -0.15) is 0 Å². The number of ether oxygens (including phenoxy) is 1. The molecule has 0 aromatic heterocycles. The molecule has 1 aliphatic heterocycles. The molecule has 2 atom stereocenters. The molecule has 0 radical (unpaired) electrons. The third-order valence-corrected chi connectivity index (χ3v) is 4.06. The van der Waals surface area contributed by atoms with Crippen molar-refractivity contribution in [3.63, 3.8) is 0 Å². The van der Waals surface area contributed by atoms with Crippen molar-refractivity contribution >= 4 is 0 Å². The molecule has 1 aliphatic carbocycles. The Balaban J connectivity index is 1.76. The van der Waals surface area contributed by atoms with Gasteiger partial charge < -0.3 is 9.84 Å². The Morgan fingerprint density at radius 3 is 2.88 bits per heavy atom. The van der Waals surface area contributed by atoms with E-state index in [1.54, 1.807) is 5.57 Å². The summed E-state index contributed by atoms with van der Waals surface area (Å²) in [5, 5.41) is 8.81. The average molecular weight is 224 g/mol. The zero-order valence-electron chi connectivity index (χ0n) is 10.2. The molecule has 1 unspecified atom stereocenters. The molecular weight excluding hydrogens is 200 g/mol. The van der Waals surface area contributed by atoms with Gasteiger partial charge in [0.1, 0.15) is 0 Å². The molecule has 1 saturated heterocycles. The predicted molar refractivity (Wildman–Crippen MR) is 65.3 cm³/mol. The highest BCUT2D eigenvalue weighted by atomic mass is 16.5.